The maximum atomic E-state index is 13.2. The number of ether oxygens (including phenoxy) is 1. The molecule has 1 fully saturated rings. The Morgan fingerprint density at radius 3 is 2.35 bits per heavy atom. The van der Waals surface area contributed by atoms with Crippen LogP contribution in [0, 0.1) is 0 Å². The summed E-state index contributed by atoms with van der Waals surface area (Å²) in [5, 5.41) is 7.09. The van der Waals surface area contributed by atoms with E-state index in [1.165, 1.54) is 18.2 Å². The molecule has 2 aromatic carbocycles. The van der Waals surface area contributed by atoms with Crippen LogP contribution in [0.3, 0.4) is 0 Å². The summed E-state index contributed by atoms with van der Waals surface area (Å²) in [6, 6.07) is 14.9. The molecule has 0 amide bonds. The van der Waals surface area contributed by atoms with E-state index in [4.69, 9.17) is 4.74 Å². The third kappa shape index (κ3) is 6.78. The first-order valence-corrected chi connectivity index (χ1v) is 10.3. The third-order valence-electron chi connectivity index (χ3n) is 4.85. The molecule has 3 aromatic rings. The second kappa shape index (κ2) is 11.6. The Morgan fingerprint density at radius 1 is 0.941 bits per heavy atom. The third-order valence-corrected chi connectivity index (χ3v) is 4.85. The molecular formula is C22H23ClF3N7O. The average Bonchev–Trinajstić information content (AvgIpc) is 2.83. The van der Waals surface area contributed by atoms with Crippen LogP contribution in [0.15, 0.2) is 59.7 Å². The highest BCUT2D eigenvalue weighted by Gasteiger charge is 2.32. The van der Waals surface area contributed by atoms with Crippen molar-refractivity contribution in [1.82, 2.24) is 15.0 Å². The number of aromatic nitrogens is 3. The minimum Gasteiger partial charge on any atom is -0.378 e. The summed E-state index contributed by atoms with van der Waals surface area (Å²) in [5.74, 6) is 0.865. The predicted molar refractivity (Wildman–Crippen MR) is 127 cm³/mol. The molecule has 2 N–H and O–H groups in total. The van der Waals surface area contributed by atoms with Gasteiger partial charge in [0.25, 0.3) is 0 Å². The second-order valence-electron chi connectivity index (χ2n) is 7.18. The van der Waals surface area contributed by atoms with Gasteiger partial charge >= 0.3 is 6.18 Å². The quantitative estimate of drug-likeness (QED) is 0.376. The Balaban J connectivity index is 0.00000324. The fourth-order valence-corrected chi connectivity index (χ4v) is 3.20. The Hall–Kier alpha value is -3.44. The van der Waals surface area contributed by atoms with Crippen LogP contribution in [0.2, 0.25) is 0 Å². The number of alkyl halides is 3. The number of rotatable bonds is 7. The van der Waals surface area contributed by atoms with E-state index in [1.54, 1.807) is 0 Å². The first-order valence-electron chi connectivity index (χ1n) is 10.3. The lowest BCUT2D eigenvalue weighted by molar-refractivity contribution is -0.137. The number of benzene rings is 2. The highest BCUT2D eigenvalue weighted by Crippen LogP contribution is 2.31. The van der Waals surface area contributed by atoms with Crippen molar-refractivity contribution in [2.75, 3.05) is 41.9 Å². The number of halogens is 4. The van der Waals surface area contributed by atoms with Crippen molar-refractivity contribution in [3.8, 4) is 0 Å². The molecule has 180 valence electrons. The minimum atomic E-state index is -4.48. The van der Waals surface area contributed by atoms with Crippen molar-refractivity contribution in [2.24, 2.45) is 5.10 Å². The van der Waals surface area contributed by atoms with Crippen LogP contribution in [-0.2, 0) is 17.5 Å². The standard InChI is InChI=1S/C22H22F3N7O.ClH/c23-22(24,25)18-9-5-4-8-17(18)15-27-31-20-28-19(26-14-16-6-2-1-3-7-16)29-21(30-20)32-10-12-33-13-11-32;/h1-9,15H,10-14H2,(H2,26,28,29,30,31);1H. The molecule has 0 bridgehead atoms. The molecule has 12 heteroatoms. The van der Waals surface area contributed by atoms with Gasteiger partial charge in [-0.05, 0) is 11.6 Å². The van der Waals surface area contributed by atoms with Gasteiger partial charge in [-0.3, -0.25) is 0 Å². The van der Waals surface area contributed by atoms with E-state index < -0.39 is 11.7 Å². The zero-order valence-corrected chi connectivity index (χ0v) is 18.8. The van der Waals surface area contributed by atoms with E-state index in [2.05, 4.69) is 30.8 Å². The normalized spacial score (nSPS) is 14.0. The highest BCUT2D eigenvalue weighted by molar-refractivity contribution is 5.85. The van der Waals surface area contributed by atoms with Crippen LogP contribution in [0.4, 0.5) is 31.0 Å². The Kier molecular flexibility index (Phi) is 8.61. The van der Waals surface area contributed by atoms with Gasteiger partial charge in [0.15, 0.2) is 0 Å². The van der Waals surface area contributed by atoms with Crippen molar-refractivity contribution >= 4 is 36.5 Å². The fourth-order valence-electron chi connectivity index (χ4n) is 3.20. The lowest BCUT2D eigenvalue weighted by atomic mass is 10.1. The molecule has 0 atom stereocenters. The summed E-state index contributed by atoms with van der Waals surface area (Å²) < 4.78 is 45.0. The molecule has 2 heterocycles. The topological polar surface area (TPSA) is 87.6 Å². The smallest absolute Gasteiger partial charge is 0.378 e. The number of hydrogen-bond acceptors (Lipinski definition) is 8. The molecular weight excluding hydrogens is 471 g/mol. The van der Waals surface area contributed by atoms with Crippen molar-refractivity contribution in [3.63, 3.8) is 0 Å². The Bertz CT molecular complexity index is 1090. The molecule has 0 unspecified atom stereocenters. The van der Waals surface area contributed by atoms with Gasteiger partial charge in [-0.25, -0.2) is 5.43 Å². The fraction of sp³-hybridized carbons (Fsp3) is 0.273. The molecule has 8 nitrogen and oxygen atoms in total. The van der Waals surface area contributed by atoms with E-state index >= 15 is 0 Å². The van der Waals surface area contributed by atoms with Gasteiger partial charge in [0.1, 0.15) is 0 Å². The van der Waals surface area contributed by atoms with Gasteiger partial charge in [0, 0.05) is 25.2 Å². The van der Waals surface area contributed by atoms with Crippen molar-refractivity contribution in [1.29, 1.82) is 0 Å². The molecule has 1 saturated heterocycles. The van der Waals surface area contributed by atoms with Gasteiger partial charge in [-0.2, -0.15) is 33.2 Å². The maximum absolute atomic E-state index is 13.2. The van der Waals surface area contributed by atoms with Crippen molar-refractivity contribution < 1.29 is 17.9 Å². The van der Waals surface area contributed by atoms with Gasteiger partial charge in [-0.1, -0.05) is 48.5 Å². The van der Waals surface area contributed by atoms with Gasteiger partial charge in [0.2, 0.25) is 17.8 Å². The van der Waals surface area contributed by atoms with Crippen molar-refractivity contribution in [3.05, 3.63) is 71.3 Å². The molecule has 0 spiro atoms. The van der Waals surface area contributed by atoms with E-state index in [9.17, 15) is 13.2 Å². The summed E-state index contributed by atoms with van der Waals surface area (Å²) in [6.45, 7) is 2.82. The number of hydrazone groups is 1. The van der Waals surface area contributed by atoms with Gasteiger partial charge in [0.05, 0.1) is 25.0 Å². The van der Waals surface area contributed by atoms with Crippen LogP contribution in [0.25, 0.3) is 0 Å². The molecule has 34 heavy (non-hydrogen) atoms. The van der Waals surface area contributed by atoms with Crippen molar-refractivity contribution in [2.45, 2.75) is 12.7 Å². The zero-order chi connectivity index (χ0) is 23.1. The highest BCUT2D eigenvalue weighted by atomic mass is 35.5. The first-order chi connectivity index (χ1) is 16.0. The monoisotopic (exact) mass is 493 g/mol. The number of anilines is 3. The summed E-state index contributed by atoms with van der Waals surface area (Å²) in [5.41, 5.74) is 2.84. The van der Waals surface area contributed by atoms with Crippen LogP contribution >= 0.6 is 12.4 Å². The van der Waals surface area contributed by atoms with Crippen LogP contribution in [0.5, 0.6) is 0 Å². The summed E-state index contributed by atoms with van der Waals surface area (Å²) in [4.78, 5) is 15.1. The second-order valence-corrected chi connectivity index (χ2v) is 7.18. The van der Waals surface area contributed by atoms with E-state index in [1.807, 2.05) is 35.2 Å². The molecule has 0 aliphatic carbocycles. The lowest BCUT2D eigenvalue weighted by Crippen LogP contribution is -2.37. The van der Waals surface area contributed by atoms with E-state index in [0.29, 0.717) is 44.7 Å². The average molecular weight is 494 g/mol. The maximum Gasteiger partial charge on any atom is 0.417 e. The minimum absolute atomic E-state index is 0. The van der Waals surface area contributed by atoms with Crippen LogP contribution in [-0.4, -0.2) is 47.5 Å². The zero-order valence-electron chi connectivity index (χ0n) is 18.0. The summed E-state index contributed by atoms with van der Waals surface area (Å²) in [7, 11) is 0. The summed E-state index contributed by atoms with van der Waals surface area (Å²) >= 11 is 0. The number of nitrogens with one attached hydrogen (secondary N) is 2. The van der Waals surface area contributed by atoms with Gasteiger partial charge < -0.3 is 15.0 Å². The van der Waals surface area contributed by atoms with Gasteiger partial charge in [-0.15, -0.1) is 12.4 Å². The SMILES string of the molecule is Cl.FC(F)(F)c1ccccc1C=NNc1nc(NCc2ccccc2)nc(N2CCOCC2)n1. The predicted octanol–water partition coefficient (Wildman–Crippen LogP) is 4.21. The first kappa shape index (κ1) is 25.2. The molecule has 1 aliphatic rings. The lowest BCUT2D eigenvalue weighted by Gasteiger charge is -2.27. The number of hydrogen-bond donors (Lipinski definition) is 2. The van der Waals surface area contributed by atoms with Crippen LogP contribution in [0.1, 0.15) is 16.7 Å². The largest absolute Gasteiger partial charge is 0.417 e. The molecule has 0 saturated carbocycles. The molecule has 0 radical (unpaired) electrons. The van der Waals surface area contributed by atoms with E-state index in [-0.39, 0.29) is 23.9 Å². The summed E-state index contributed by atoms with van der Waals surface area (Å²) in [6.07, 6.45) is -3.38. The van der Waals surface area contributed by atoms with Crippen LogP contribution < -0.4 is 15.6 Å². The molecule has 1 aromatic heterocycles. The number of morpholine rings is 1. The Morgan fingerprint density at radius 2 is 1.62 bits per heavy atom. The van der Waals surface area contributed by atoms with E-state index in [0.717, 1.165) is 17.8 Å². The number of nitrogens with zero attached hydrogens (tertiary/aromatic N) is 5. The molecule has 4 rings (SSSR count). The Labute approximate surface area is 200 Å². The molecule has 1 aliphatic heterocycles.